The molecular formula is C26H24N4O. The molecule has 1 heterocycles. The van der Waals surface area contributed by atoms with Gasteiger partial charge < -0.3 is 10.6 Å². The van der Waals surface area contributed by atoms with Crippen LogP contribution in [-0.2, 0) is 0 Å². The lowest BCUT2D eigenvalue weighted by molar-refractivity contribution is 0.102. The molecule has 0 saturated carbocycles. The summed E-state index contributed by atoms with van der Waals surface area (Å²) < 4.78 is 0. The number of amides is 1. The van der Waals surface area contributed by atoms with Crippen molar-refractivity contribution in [2.45, 2.75) is 20.8 Å². The second-order valence-corrected chi connectivity index (χ2v) is 7.66. The number of carbonyl (C=O) groups excluding carboxylic acids is 1. The number of aryl methyl sites for hydroxylation is 3. The summed E-state index contributed by atoms with van der Waals surface area (Å²) in [6.45, 7) is 6.08. The fraction of sp³-hybridized carbons (Fsp3) is 0.115. The number of aromatic nitrogens is 2. The van der Waals surface area contributed by atoms with Crippen LogP contribution >= 0.6 is 0 Å². The molecule has 0 fully saturated rings. The average molecular weight is 409 g/mol. The number of carbonyl (C=O) groups is 1. The van der Waals surface area contributed by atoms with E-state index >= 15 is 0 Å². The first kappa shape index (κ1) is 20.3. The van der Waals surface area contributed by atoms with Crippen LogP contribution in [0.3, 0.4) is 0 Å². The monoisotopic (exact) mass is 408 g/mol. The van der Waals surface area contributed by atoms with Crippen molar-refractivity contribution < 1.29 is 4.79 Å². The zero-order chi connectivity index (χ0) is 21.8. The smallest absolute Gasteiger partial charge is 0.255 e. The van der Waals surface area contributed by atoms with Crippen LogP contribution in [0, 0.1) is 20.8 Å². The molecule has 4 aromatic rings. The summed E-state index contributed by atoms with van der Waals surface area (Å²) in [6, 6.07) is 23.2. The number of hydrogen-bond acceptors (Lipinski definition) is 4. The molecule has 5 heteroatoms. The highest BCUT2D eigenvalue weighted by molar-refractivity contribution is 6.04. The Morgan fingerprint density at radius 1 is 0.742 bits per heavy atom. The second kappa shape index (κ2) is 8.79. The minimum atomic E-state index is -0.139. The first-order valence-corrected chi connectivity index (χ1v) is 10.1. The minimum Gasteiger partial charge on any atom is -0.340 e. The highest BCUT2D eigenvalue weighted by atomic mass is 16.1. The first-order chi connectivity index (χ1) is 15.0. The maximum absolute atomic E-state index is 12.6. The van der Waals surface area contributed by atoms with Crippen LogP contribution in [0.5, 0.6) is 0 Å². The molecule has 31 heavy (non-hydrogen) atoms. The van der Waals surface area contributed by atoms with Gasteiger partial charge in [0, 0.05) is 28.7 Å². The van der Waals surface area contributed by atoms with E-state index in [1.165, 1.54) is 5.56 Å². The highest BCUT2D eigenvalue weighted by Crippen LogP contribution is 2.21. The molecule has 1 amide bonds. The van der Waals surface area contributed by atoms with Crippen LogP contribution < -0.4 is 10.6 Å². The molecule has 0 unspecified atom stereocenters. The number of nitrogens with zero attached hydrogens (tertiary/aromatic N) is 2. The zero-order valence-electron chi connectivity index (χ0n) is 17.8. The van der Waals surface area contributed by atoms with Crippen molar-refractivity contribution in [1.82, 2.24) is 9.97 Å². The lowest BCUT2D eigenvalue weighted by Gasteiger charge is -2.10. The van der Waals surface area contributed by atoms with Gasteiger partial charge in [-0.05, 0) is 74.4 Å². The van der Waals surface area contributed by atoms with E-state index < -0.39 is 0 Å². The van der Waals surface area contributed by atoms with Gasteiger partial charge >= 0.3 is 0 Å². The molecule has 0 spiro atoms. The van der Waals surface area contributed by atoms with Gasteiger partial charge in [0.2, 0.25) is 0 Å². The van der Waals surface area contributed by atoms with Gasteiger partial charge in [0.25, 0.3) is 5.91 Å². The van der Waals surface area contributed by atoms with Gasteiger partial charge in [-0.25, -0.2) is 9.97 Å². The molecule has 4 rings (SSSR count). The predicted octanol–water partition coefficient (Wildman–Crippen LogP) is 6.06. The number of benzene rings is 3. The zero-order valence-corrected chi connectivity index (χ0v) is 17.8. The van der Waals surface area contributed by atoms with Crippen LogP contribution in [0.2, 0.25) is 0 Å². The number of nitrogens with one attached hydrogen (secondary N) is 2. The van der Waals surface area contributed by atoms with Gasteiger partial charge in [-0.15, -0.1) is 0 Å². The number of hydrogen-bond donors (Lipinski definition) is 2. The summed E-state index contributed by atoms with van der Waals surface area (Å²) >= 11 is 0. The standard InChI is InChI=1S/C26H24N4O/c1-17-4-6-20(7-5-17)25-27-13-12-24(30-25)28-22-10-8-21(9-11-22)26(31)29-23-15-18(2)14-19(3)16-23/h4-16H,1-3H3,(H,29,31)(H,27,28,30). The Morgan fingerprint density at radius 2 is 1.42 bits per heavy atom. The third-order valence-electron chi connectivity index (χ3n) is 4.86. The van der Waals surface area contributed by atoms with Crippen LogP contribution in [0.15, 0.2) is 79.0 Å². The first-order valence-electron chi connectivity index (χ1n) is 10.1. The van der Waals surface area contributed by atoms with Crippen molar-refractivity contribution in [3.05, 3.63) is 101 Å². The van der Waals surface area contributed by atoms with Gasteiger partial charge in [-0.3, -0.25) is 4.79 Å². The fourth-order valence-electron chi connectivity index (χ4n) is 3.37. The Balaban J connectivity index is 1.45. The molecular weight excluding hydrogens is 384 g/mol. The molecule has 5 nitrogen and oxygen atoms in total. The van der Waals surface area contributed by atoms with Crippen molar-refractivity contribution in [3.8, 4) is 11.4 Å². The predicted molar refractivity (Wildman–Crippen MR) is 126 cm³/mol. The molecule has 154 valence electrons. The van der Waals surface area contributed by atoms with Crippen molar-refractivity contribution in [1.29, 1.82) is 0 Å². The maximum Gasteiger partial charge on any atom is 0.255 e. The lowest BCUT2D eigenvalue weighted by Crippen LogP contribution is -2.12. The molecule has 0 saturated heterocycles. The summed E-state index contributed by atoms with van der Waals surface area (Å²) in [5, 5.41) is 6.23. The van der Waals surface area contributed by atoms with Crippen molar-refractivity contribution in [3.63, 3.8) is 0 Å². The van der Waals surface area contributed by atoms with Gasteiger partial charge in [0.1, 0.15) is 5.82 Å². The summed E-state index contributed by atoms with van der Waals surface area (Å²) in [6.07, 6.45) is 1.73. The van der Waals surface area contributed by atoms with E-state index in [2.05, 4.69) is 33.6 Å². The van der Waals surface area contributed by atoms with E-state index in [0.29, 0.717) is 17.2 Å². The van der Waals surface area contributed by atoms with Gasteiger partial charge in [0.05, 0.1) is 0 Å². The third kappa shape index (κ3) is 5.14. The Bertz CT molecular complexity index is 1190. The fourth-order valence-corrected chi connectivity index (χ4v) is 3.37. The van der Waals surface area contributed by atoms with Crippen LogP contribution in [0.25, 0.3) is 11.4 Å². The molecule has 2 N–H and O–H groups in total. The highest BCUT2D eigenvalue weighted by Gasteiger charge is 2.08. The summed E-state index contributed by atoms with van der Waals surface area (Å²) in [5.41, 5.74) is 6.63. The van der Waals surface area contributed by atoms with Crippen LogP contribution in [-0.4, -0.2) is 15.9 Å². The molecule has 0 bridgehead atoms. The normalized spacial score (nSPS) is 10.5. The summed E-state index contributed by atoms with van der Waals surface area (Å²) in [5.74, 6) is 1.22. The largest absolute Gasteiger partial charge is 0.340 e. The van der Waals surface area contributed by atoms with Crippen LogP contribution in [0.1, 0.15) is 27.0 Å². The van der Waals surface area contributed by atoms with E-state index in [4.69, 9.17) is 0 Å². The topological polar surface area (TPSA) is 66.9 Å². The molecule has 1 aromatic heterocycles. The summed E-state index contributed by atoms with van der Waals surface area (Å²) in [7, 11) is 0. The quantitative estimate of drug-likeness (QED) is 0.421. The van der Waals surface area contributed by atoms with E-state index in [1.54, 1.807) is 18.3 Å². The molecule has 0 aliphatic rings. The third-order valence-corrected chi connectivity index (χ3v) is 4.86. The Hall–Kier alpha value is -3.99. The van der Waals surface area contributed by atoms with Gasteiger partial charge in [0.15, 0.2) is 5.82 Å². The van der Waals surface area contributed by atoms with Crippen molar-refractivity contribution in [2.24, 2.45) is 0 Å². The maximum atomic E-state index is 12.6. The van der Waals surface area contributed by atoms with Crippen LogP contribution in [0.4, 0.5) is 17.2 Å². The Kier molecular flexibility index (Phi) is 5.76. The second-order valence-electron chi connectivity index (χ2n) is 7.66. The van der Waals surface area contributed by atoms with Gasteiger partial charge in [-0.2, -0.15) is 0 Å². The van der Waals surface area contributed by atoms with Gasteiger partial charge in [-0.1, -0.05) is 35.9 Å². The lowest BCUT2D eigenvalue weighted by atomic mass is 10.1. The van der Waals surface area contributed by atoms with E-state index in [-0.39, 0.29) is 5.91 Å². The van der Waals surface area contributed by atoms with E-state index in [1.807, 2.05) is 68.4 Å². The molecule has 0 aliphatic carbocycles. The minimum absolute atomic E-state index is 0.139. The average Bonchev–Trinajstić information content (AvgIpc) is 2.74. The van der Waals surface area contributed by atoms with Crippen molar-refractivity contribution >= 4 is 23.1 Å². The molecule has 3 aromatic carbocycles. The summed E-state index contributed by atoms with van der Waals surface area (Å²) in [4.78, 5) is 21.5. The Labute approximate surface area is 182 Å². The SMILES string of the molecule is Cc1ccc(-c2nccc(Nc3ccc(C(=O)Nc4cc(C)cc(C)c4)cc3)n2)cc1. The Morgan fingerprint density at radius 3 is 2.10 bits per heavy atom. The molecule has 0 aliphatic heterocycles. The number of rotatable bonds is 5. The molecule has 0 radical (unpaired) electrons. The van der Waals surface area contributed by atoms with E-state index in [9.17, 15) is 4.79 Å². The molecule has 0 atom stereocenters. The number of anilines is 3. The van der Waals surface area contributed by atoms with E-state index in [0.717, 1.165) is 28.1 Å². The van der Waals surface area contributed by atoms with Crippen molar-refractivity contribution in [2.75, 3.05) is 10.6 Å².